The molecule has 0 aliphatic heterocycles. The molecule has 0 spiro atoms. The minimum absolute atomic E-state index is 0.0798. The van der Waals surface area contributed by atoms with Crippen LogP contribution in [0.3, 0.4) is 0 Å². The van der Waals surface area contributed by atoms with Crippen molar-refractivity contribution in [3.05, 3.63) is 5.82 Å². The number of nitrogens with two attached hydrogens (primary N) is 2. The quantitative estimate of drug-likeness (QED) is 0.643. The molecule has 0 atom stereocenters. The van der Waals surface area contributed by atoms with Crippen molar-refractivity contribution >= 4 is 46.7 Å². The van der Waals surface area contributed by atoms with Crippen LogP contribution in [-0.2, 0) is 3.79 Å². The Bertz CT molecular complexity index is 275. The molecule has 8 heteroatoms. The molecule has 0 aromatic carbocycles. The maximum absolute atomic E-state index is 5.47. The summed E-state index contributed by atoms with van der Waals surface area (Å²) in [7, 11) is 0. The zero-order valence-electron chi connectivity index (χ0n) is 5.63. The van der Waals surface area contributed by atoms with E-state index in [1.807, 2.05) is 0 Å². The van der Waals surface area contributed by atoms with Gasteiger partial charge in [0, 0.05) is 0 Å². The van der Waals surface area contributed by atoms with Gasteiger partial charge in [-0.2, -0.15) is 15.0 Å². The average Bonchev–Trinajstić information content (AvgIpc) is 1.82. The second-order valence-corrected chi connectivity index (χ2v) is 4.15. The van der Waals surface area contributed by atoms with E-state index in [1.54, 1.807) is 0 Å². The third-order valence-corrected chi connectivity index (χ3v) is 1.43. The zero-order chi connectivity index (χ0) is 9.35. The van der Waals surface area contributed by atoms with Crippen LogP contribution in [0.1, 0.15) is 5.82 Å². The van der Waals surface area contributed by atoms with Gasteiger partial charge in [-0.25, -0.2) is 0 Å². The van der Waals surface area contributed by atoms with Crippen molar-refractivity contribution in [3.8, 4) is 0 Å². The molecule has 1 rings (SSSR count). The fourth-order valence-corrected chi connectivity index (χ4v) is 0.790. The van der Waals surface area contributed by atoms with E-state index in [0.29, 0.717) is 0 Å². The van der Waals surface area contributed by atoms with E-state index >= 15 is 0 Å². The number of halogens is 3. The van der Waals surface area contributed by atoms with E-state index < -0.39 is 3.79 Å². The molecule has 5 nitrogen and oxygen atoms in total. The molecule has 0 aliphatic rings. The Morgan fingerprint density at radius 2 is 1.33 bits per heavy atom. The van der Waals surface area contributed by atoms with Gasteiger partial charge in [-0.3, -0.25) is 0 Å². The van der Waals surface area contributed by atoms with Crippen molar-refractivity contribution in [1.29, 1.82) is 0 Å². The summed E-state index contributed by atoms with van der Waals surface area (Å²) < 4.78 is -1.73. The van der Waals surface area contributed by atoms with E-state index in [0.717, 1.165) is 0 Å². The molecule has 0 unspecified atom stereocenters. The van der Waals surface area contributed by atoms with Gasteiger partial charge < -0.3 is 11.5 Å². The third kappa shape index (κ3) is 2.23. The van der Waals surface area contributed by atoms with Gasteiger partial charge in [0.15, 0.2) is 5.82 Å². The molecule has 4 N–H and O–H groups in total. The topological polar surface area (TPSA) is 90.7 Å². The smallest absolute Gasteiger partial charge is 0.250 e. The van der Waals surface area contributed by atoms with Crippen LogP contribution >= 0.6 is 34.8 Å². The van der Waals surface area contributed by atoms with E-state index in [4.69, 9.17) is 46.3 Å². The molecule has 0 bridgehead atoms. The molecule has 0 fully saturated rings. The van der Waals surface area contributed by atoms with Crippen molar-refractivity contribution in [3.63, 3.8) is 0 Å². The summed E-state index contributed by atoms with van der Waals surface area (Å²) in [5, 5.41) is 0. The number of alkyl halides is 3. The number of hydrogen-bond donors (Lipinski definition) is 2. The predicted molar refractivity (Wildman–Crippen MR) is 47.9 cm³/mol. The summed E-state index contributed by atoms with van der Waals surface area (Å²) in [5.74, 6) is -0.245. The normalized spacial score (nSPS) is 11.6. The first kappa shape index (κ1) is 9.57. The van der Waals surface area contributed by atoms with Gasteiger partial charge in [-0.1, -0.05) is 34.8 Å². The highest BCUT2D eigenvalue weighted by Crippen LogP contribution is 2.35. The van der Waals surface area contributed by atoms with E-state index in [1.165, 1.54) is 0 Å². The first-order valence-corrected chi connectivity index (χ1v) is 3.87. The highest BCUT2D eigenvalue weighted by Gasteiger charge is 2.27. The molecule has 0 saturated heterocycles. The number of nitrogens with zero attached hydrogens (tertiary/aromatic N) is 3. The van der Waals surface area contributed by atoms with Gasteiger partial charge in [0.2, 0.25) is 15.7 Å². The van der Waals surface area contributed by atoms with Crippen LogP contribution in [-0.4, -0.2) is 15.0 Å². The van der Waals surface area contributed by atoms with Crippen molar-refractivity contribution in [2.45, 2.75) is 3.79 Å². The highest BCUT2D eigenvalue weighted by atomic mass is 35.6. The lowest BCUT2D eigenvalue weighted by molar-refractivity contribution is 0.939. The lowest BCUT2D eigenvalue weighted by Gasteiger charge is -2.08. The lowest BCUT2D eigenvalue weighted by atomic mass is 10.6. The summed E-state index contributed by atoms with van der Waals surface area (Å²) in [5.41, 5.74) is 10.5. The second kappa shape index (κ2) is 3.08. The molecule has 66 valence electrons. The first-order valence-electron chi connectivity index (χ1n) is 2.74. The van der Waals surface area contributed by atoms with Crippen LogP contribution in [0.15, 0.2) is 0 Å². The Labute approximate surface area is 83.0 Å². The van der Waals surface area contributed by atoms with Crippen LogP contribution < -0.4 is 11.5 Å². The van der Waals surface area contributed by atoms with Crippen molar-refractivity contribution in [2.24, 2.45) is 0 Å². The molecule has 1 aromatic rings. The number of anilines is 2. The van der Waals surface area contributed by atoms with Crippen LogP contribution in [0.25, 0.3) is 0 Å². The molecule has 1 aromatic heterocycles. The largest absolute Gasteiger partial charge is 0.368 e. The maximum Gasteiger partial charge on any atom is 0.250 e. The Morgan fingerprint density at radius 3 is 1.67 bits per heavy atom. The summed E-state index contributed by atoms with van der Waals surface area (Å²) in [6.07, 6.45) is 0. The van der Waals surface area contributed by atoms with Crippen molar-refractivity contribution < 1.29 is 0 Å². The Balaban J connectivity index is 3.18. The zero-order valence-corrected chi connectivity index (χ0v) is 7.90. The van der Waals surface area contributed by atoms with Crippen LogP contribution in [0, 0.1) is 0 Å². The van der Waals surface area contributed by atoms with Gasteiger partial charge in [0.25, 0.3) is 0 Å². The fraction of sp³-hybridized carbons (Fsp3) is 0.250. The van der Waals surface area contributed by atoms with Gasteiger partial charge in [0.1, 0.15) is 0 Å². The minimum Gasteiger partial charge on any atom is -0.368 e. The van der Waals surface area contributed by atoms with Gasteiger partial charge >= 0.3 is 0 Å². The van der Waals surface area contributed by atoms with Crippen molar-refractivity contribution in [1.82, 2.24) is 15.0 Å². The SMILES string of the molecule is Nc1nc(N)nc(C(Cl)(Cl)Cl)n1. The molecular weight excluding hydrogens is 224 g/mol. The number of nitrogen functional groups attached to an aromatic ring is 2. The van der Waals surface area contributed by atoms with Crippen LogP contribution in [0.5, 0.6) is 0 Å². The standard InChI is InChI=1S/C4H4Cl3N5/c5-4(6,7)1-10-2(8)12-3(9)11-1/h(H4,8,9,10,11,12). The molecule has 1 heterocycles. The third-order valence-electron chi connectivity index (χ3n) is 0.924. The molecular formula is C4H4Cl3N5. The molecule has 0 saturated carbocycles. The van der Waals surface area contributed by atoms with Gasteiger partial charge in [-0.15, -0.1) is 0 Å². The molecule has 0 amide bonds. The molecule has 0 aliphatic carbocycles. The Morgan fingerprint density at radius 1 is 0.917 bits per heavy atom. The predicted octanol–water partition coefficient (Wildman–Crippen LogP) is 0.863. The Hall–Kier alpha value is -0.520. The van der Waals surface area contributed by atoms with Crippen LogP contribution in [0.2, 0.25) is 0 Å². The molecule has 0 radical (unpaired) electrons. The van der Waals surface area contributed by atoms with Crippen LogP contribution in [0.4, 0.5) is 11.9 Å². The number of hydrogen-bond acceptors (Lipinski definition) is 5. The van der Waals surface area contributed by atoms with E-state index in [-0.39, 0.29) is 17.7 Å². The number of aromatic nitrogens is 3. The van der Waals surface area contributed by atoms with E-state index in [2.05, 4.69) is 15.0 Å². The average molecular weight is 228 g/mol. The second-order valence-electron chi connectivity index (χ2n) is 1.87. The van der Waals surface area contributed by atoms with Gasteiger partial charge in [-0.05, 0) is 0 Å². The summed E-state index contributed by atoms with van der Waals surface area (Å²) in [6, 6.07) is 0. The summed E-state index contributed by atoms with van der Waals surface area (Å²) >= 11 is 16.4. The Kier molecular flexibility index (Phi) is 2.46. The fourth-order valence-electron chi connectivity index (χ4n) is 0.536. The summed E-state index contributed by atoms with van der Waals surface area (Å²) in [6.45, 7) is 0. The first-order chi connectivity index (χ1) is 5.39. The lowest BCUT2D eigenvalue weighted by Crippen LogP contribution is -2.12. The van der Waals surface area contributed by atoms with Gasteiger partial charge in [0.05, 0.1) is 0 Å². The monoisotopic (exact) mass is 227 g/mol. The van der Waals surface area contributed by atoms with E-state index in [9.17, 15) is 0 Å². The number of rotatable bonds is 0. The van der Waals surface area contributed by atoms with Crippen molar-refractivity contribution in [2.75, 3.05) is 11.5 Å². The highest BCUT2D eigenvalue weighted by molar-refractivity contribution is 6.66. The minimum atomic E-state index is -1.73. The summed E-state index contributed by atoms with van der Waals surface area (Å²) in [4.78, 5) is 10.7. The maximum atomic E-state index is 5.47. The molecule has 12 heavy (non-hydrogen) atoms.